The fourth-order valence-corrected chi connectivity index (χ4v) is 4.85. The second kappa shape index (κ2) is 8.67. The Morgan fingerprint density at radius 1 is 1.16 bits per heavy atom. The molecular formula is C26H28FN3O. The van der Waals surface area contributed by atoms with Crippen LogP contribution in [0.25, 0.3) is 21.8 Å². The van der Waals surface area contributed by atoms with Gasteiger partial charge in [0.25, 0.3) is 0 Å². The maximum Gasteiger partial charge on any atom is 0.123 e. The summed E-state index contributed by atoms with van der Waals surface area (Å²) < 4.78 is 19.9. The SMILES string of the molecule is CCCN(CCCc1c[nH]c2ccc(F)cc12)[C@H]1COc2ccc3ncccc3c2C1. The fourth-order valence-electron chi connectivity index (χ4n) is 4.85. The van der Waals surface area contributed by atoms with Gasteiger partial charge in [0.1, 0.15) is 18.2 Å². The molecule has 0 saturated carbocycles. The van der Waals surface area contributed by atoms with E-state index in [1.54, 1.807) is 6.07 Å². The summed E-state index contributed by atoms with van der Waals surface area (Å²) in [5.41, 5.74) is 4.49. The summed E-state index contributed by atoms with van der Waals surface area (Å²) >= 11 is 0. The van der Waals surface area contributed by atoms with Crippen LogP contribution in [-0.2, 0) is 12.8 Å². The lowest BCUT2D eigenvalue weighted by atomic mass is 9.96. The van der Waals surface area contributed by atoms with Crippen LogP contribution in [0.15, 0.2) is 54.9 Å². The zero-order valence-corrected chi connectivity index (χ0v) is 17.9. The van der Waals surface area contributed by atoms with E-state index in [1.165, 1.54) is 22.6 Å². The number of fused-ring (bicyclic) bond motifs is 4. The van der Waals surface area contributed by atoms with Crippen molar-refractivity contribution >= 4 is 21.8 Å². The van der Waals surface area contributed by atoms with E-state index in [0.29, 0.717) is 6.04 Å². The molecule has 0 radical (unpaired) electrons. The summed E-state index contributed by atoms with van der Waals surface area (Å²) in [6.07, 6.45) is 7.92. The number of aromatic nitrogens is 2. The first kappa shape index (κ1) is 20.0. The molecule has 1 N–H and O–H groups in total. The maximum atomic E-state index is 13.7. The van der Waals surface area contributed by atoms with Crippen molar-refractivity contribution in [3.63, 3.8) is 0 Å². The lowest BCUT2D eigenvalue weighted by Crippen LogP contribution is -2.44. The van der Waals surface area contributed by atoms with Gasteiger partial charge in [0, 0.05) is 40.3 Å². The van der Waals surface area contributed by atoms with E-state index in [0.717, 1.165) is 67.5 Å². The van der Waals surface area contributed by atoms with Crippen molar-refractivity contribution in [1.82, 2.24) is 14.9 Å². The van der Waals surface area contributed by atoms with Gasteiger partial charge in [-0.25, -0.2) is 4.39 Å². The van der Waals surface area contributed by atoms with Crippen LogP contribution >= 0.6 is 0 Å². The van der Waals surface area contributed by atoms with Crippen molar-refractivity contribution in [2.45, 2.75) is 38.6 Å². The number of H-pyrrole nitrogens is 1. The molecule has 0 unspecified atom stereocenters. The number of nitrogens with zero attached hydrogens (tertiary/aromatic N) is 2. The van der Waals surface area contributed by atoms with Gasteiger partial charge >= 0.3 is 0 Å². The molecule has 0 saturated heterocycles. The number of pyridine rings is 1. The first-order chi connectivity index (χ1) is 15.2. The normalized spacial score (nSPS) is 16.0. The summed E-state index contributed by atoms with van der Waals surface area (Å²) in [5.74, 6) is 0.815. The first-order valence-electron chi connectivity index (χ1n) is 11.2. The second-order valence-electron chi connectivity index (χ2n) is 8.42. The van der Waals surface area contributed by atoms with Crippen LogP contribution in [0.4, 0.5) is 4.39 Å². The molecule has 3 heterocycles. The molecule has 0 fully saturated rings. The van der Waals surface area contributed by atoms with Crippen LogP contribution in [0.1, 0.15) is 30.9 Å². The Kier molecular flexibility index (Phi) is 5.60. The van der Waals surface area contributed by atoms with Crippen LogP contribution < -0.4 is 4.74 Å². The van der Waals surface area contributed by atoms with Gasteiger partial charge in [-0.2, -0.15) is 0 Å². The highest BCUT2D eigenvalue weighted by molar-refractivity contribution is 5.85. The summed E-state index contributed by atoms with van der Waals surface area (Å²) in [6.45, 7) is 5.00. The summed E-state index contributed by atoms with van der Waals surface area (Å²) in [7, 11) is 0. The van der Waals surface area contributed by atoms with Crippen LogP contribution in [0.5, 0.6) is 5.75 Å². The van der Waals surface area contributed by atoms with E-state index in [9.17, 15) is 4.39 Å². The Morgan fingerprint density at radius 2 is 2.10 bits per heavy atom. The molecular weight excluding hydrogens is 389 g/mol. The van der Waals surface area contributed by atoms with Gasteiger partial charge in [0.15, 0.2) is 0 Å². The highest BCUT2D eigenvalue weighted by atomic mass is 19.1. The third kappa shape index (κ3) is 4.02. The minimum atomic E-state index is -0.180. The van der Waals surface area contributed by atoms with E-state index in [1.807, 2.05) is 30.6 Å². The highest BCUT2D eigenvalue weighted by Gasteiger charge is 2.26. The minimum Gasteiger partial charge on any atom is -0.492 e. The average Bonchev–Trinajstić information content (AvgIpc) is 3.20. The Bertz CT molecular complexity index is 1200. The van der Waals surface area contributed by atoms with Gasteiger partial charge in [-0.15, -0.1) is 0 Å². The number of hydrogen-bond acceptors (Lipinski definition) is 3. The molecule has 31 heavy (non-hydrogen) atoms. The Labute approximate surface area is 182 Å². The molecule has 2 aromatic heterocycles. The van der Waals surface area contributed by atoms with Crippen molar-refractivity contribution < 1.29 is 9.13 Å². The third-order valence-corrected chi connectivity index (χ3v) is 6.37. The molecule has 1 aliphatic heterocycles. The zero-order valence-electron chi connectivity index (χ0n) is 17.9. The van der Waals surface area contributed by atoms with Gasteiger partial charge in [-0.3, -0.25) is 9.88 Å². The van der Waals surface area contributed by atoms with Gasteiger partial charge in [0.05, 0.1) is 5.52 Å². The Hall–Kier alpha value is -2.92. The number of aromatic amines is 1. The molecule has 1 aliphatic rings. The van der Waals surface area contributed by atoms with Crippen molar-refractivity contribution in [3.8, 4) is 5.75 Å². The fraction of sp³-hybridized carbons (Fsp3) is 0.346. The number of rotatable bonds is 7. The molecule has 4 aromatic rings. The number of nitrogens with one attached hydrogen (secondary N) is 1. The molecule has 5 rings (SSSR count). The molecule has 0 aliphatic carbocycles. The lowest BCUT2D eigenvalue weighted by molar-refractivity contribution is 0.118. The van der Waals surface area contributed by atoms with Crippen LogP contribution in [0.3, 0.4) is 0 Å². The van der Waals surface area contributed by atoms with E-state index in [2.05, 4.69) is 33.9 Å². The quantitative estimate of drug-likeness (QED) is 0.431. The van der Waals surface area contributed by atoms with E-state index in [4.69, 9.17) is 4.74 Å². The van der Waals surface area contributed by atoms with Gasteiger partial charge in [-0.05, 0) is 80.7 Å². The molecule has 160 valence electrons. The van der Waals surface area contributed by atoms with Crippen molar-refractivity contribution in [1.29, 1.82) is 0 Å². The predicted molar refractivity (Wildman–Crippen MR) is 123 cm³/mol. The molecule has 1 atom stereocenters. The lowest BCUT2D eigenvalue weighted by Gasteiger charge is -2.35. The molecule has 0 bridgehead atoms. The van der Waals surface area contributed by atoms with Crippen LogP contribution in [0.2, 0.25) is 0 Å². The molecule has 2 aromatic carbocycles. The van der Waals surface area contributed by atoms with E-state index < -0.39 is 0 Å². The van der Waals surface area contributed by atoms with Crippen LogP contribution in [-0.4, -0.2) is 40.6 Å². The monoisotopic (exact) mass is 417 g/mol. The number of benzene rings is 2. The van der Waals surface area contributed by atoms with Gasteiger partial charge in [0.2, 0.25) is 0 Å². The van der Waals surface area contributed by atoms with Crippen molar-refractivity contribution in [2.75, 3.05) is 19.7 Å². The molecule has 0 amide bonds. The van der Waals surface area contributed by atoms with Crippen molar-refractivity contribution in [2.24, 2.45) is 0 Å². The highest BCUT2D eigenvalue weighted by Crippen LogP contribution is 2.32. The van der Waals surface area contributed by atoms with Gasteiger partial charge in [-0.1, -0.05) is 13.0 Å². The number of aryl methyl sites for hydroxylation is 1. The Morgan fingerprint density at radius 3 is 3.00 bits per heavy atom. The van der Waals surface area contributed by atoms with Crippen molar-refractivity contribution in [3.05, 3.63) is 71.8 Å². The second-order valence-corrected chi connectivity index (χ2v) is 8.42. The average molecular weight is 418 g/mol. The molecule has 5 heteroatoms. The molecule has 4 nitrogen and oxygen atoms in total. The Balaban J connectivity index is 1.30. The topological polar surface area (TPSA) is 41.2 Å². The number of halogens is 1. The summed E-state index contributed by atoms with van der Waals surface area (Å²) in [4.78, 5) is 10.3. The largest absolute Gasteiger partial charge is 0.492 e. The minimum absolute atomic E-state index is 0.180. The smallest absolute Gasteiger partial charge is 0.123 e. The standard InChI is InChI=1S/C26H28FN3O/c1-2-12-30(13-4-5-18-16-29-25-8-7-19(27)14-22(18)25)20-15-23-21-6-3-11-28-24(21)9-10-26(23)31-17-20/h3,6-11,14,16,20,29H,2,4-5,12-13,15,17H2,1H3/t20-/m1/s1. The van der Waals surface area contributed by atoms with E-state index >= 15 is 0 Å². The number of hydrogen-bond donors (Lipinski definition) is 1. The molecule has 0 spiro atoms. The van der Waals surface area contributed by atoms with Gasteiger partial charge < -0.3 is 9.72 Å². The first-order valence-corrected chi connectivity index (χ1v) is 11.2. The maximum absolute atomic E-state index is 13.7. The predicted octanol–water partition coefficient (Wildman–Crippen LogP) is 5.50. The summed E-state index contributed by atoms with van der Waals surface area (Å²) in [5, 5.41) is 2.19. The summed E-state index contributed by atoms with van der Waals surface area (Å²) in [6, 6.07) is 13.6. The third-order valence-electron chi connectivity index (χ3n) is 6.37. The zero-order chi connectivity index (χ0) is 21.2. The number of ether oxygens (including phenoxy) is 1. The van der Waals surface area contributed by atoms with E-state index in [-0.39, 0.29) is 5.82 Å². The van der Waals surface area contributed by atoms with Crippen LogP contribution in [0, 0.1) is 5.82 Å².